The van der Waals surface area contributed by atoms with Crippen LogP contribution in [0.2, 0.25) is 0 Å². The van der Waals surface area contributed by atoms with Crippen molar-refractivity contribution < 1.29 is 14.3 Å². The summed E-state index contributed by atoms with van der Waals surface area (Å²) in [6.45, 7) is 0.146. The molecule has 0 bridgehead atoms. The molecule has 8 nitrogen and oxygen atoms in total. The quantitative estimate of drug-likeness (QED) is 0.106. The summed E-state index contributed by atoms with van der Waals surface area (Å²) in [5.41, 5.74) is 9.33. The number of thiophene rings is 1. The average molecular weight is 728 g/mol. The van der Waals surface area contributed by atoms with Crippen LogP contribution >= 0.6 is 11.3 Å². The topological polar surface area (TPSA) is 112 Å². The number of carbonyl (C=O) groups excluding carboxylic acids is 2. The van der Waals surface area contributed by atoms with E-state index in [9.17, 15) is 9.59 Å². The second-order valence-corrected chi connectivity index (χ2v) is 14.6. The van der Waals surface area contributed by atoms with Crippen LogP contribution in [0.5, 0.6) is 0 Å². The van der Waals surface area contributed by atoms with Crippen LogP contribution in [0.15, 0.2) is 145 Å². The number of H-pyrrole nitrogens is 2. The Morgan fingerprint density at radius 2 is 1.39 bits per heavy atom. The number of aromatic nitrogens is 3. The smallest absolute Gasteiger partial charge is 0.407 e. The Hall–Kier alpha value is -6.45. The van der Waals surface area contributed by atoms with Gasteiger partial charge in [-0.3, -0.25) is 4.79 Å². The Kier molecular flexibility index (Phi) is 8.98. The zero-order valence-corrected chi connectivity index (χ0v) is 30.1. The lowest BCUT2D eigenvalue weighted by Crippen LogP contribution is -2.49. The number of benzene rings is 5. The van der Waals surface area contributed by atoms with Gasteiger partial charge in [0.15, 0.2) is 0 Å². The number of alkyl carbamates (subject to hydrolysis) is 1. The van der Waals surface area contributed by atoms with Gasteiger partial charge in [0.25, 0.3) is 0 Å². The first-order valence-electron chi connectivity index (χ1n) is 18.1. The van der Waals surface area contributed by atoms with E-state index in [0.29, 0.717) is 12.2 Å². The summed E-state index contributed by atoms with van der Waals surface area (Å²) >= 11 is 1.62. The van der Waals surface area contributed by atoms with Crippen molar-refractivity contribution in [3.63, 3.8) is 0 Å². The summed E-state index contributed by atoms with van der Waals surface area (Å²) in [7, 11) is 0. The van der Waals surface area contributed by atoms with Crippen molar-refractivity contribution in [2.45, 2.75) is 30.8 Å². The number of ether oxygens (including phenoxy) is 1. The molecule has 1 unspecified atom stereocenters. The van der Waals surface area contributed by atoms with Crippen LogP contribution in [0.1, 0.15) is 40.0 Å². The van der Waals surface area contributed by atoms with Crippen molar-refractivity contribution in [3.05, 3.63) is 173 Å². The predicted molar refractivity (Wildman–Crippen MR) is 214 cm³/mol. The maximum atomic E-state index is 14.6. The number of imidazole rings is 1. The standard InChI is InChI=1S/C45H37N5O3S/c51-44(49-39(22-29-24-46-38-20-10-8-14-31(29)38)43-47-25-41(48-43)28-12-2-1-3-13-28)40(23-30-27-54-42-21-11-9-15-32(30)42)50-45(52)53-26-37-35-18-6-4-16-33(35)34-17-5-7-19-36(34)37/h1-21,24-25,27,37,39-40,46H,22-23,26H2,(H,47,48)(H,49,51)(H,50,52)/t39-,40?/m1/s1. The predicted octanol–water partition coefficient (Wildman–Crippen LogP) is 9.32. The highest BCUT2D eigenvalue weighted by Gasteiger charge is 2.31. The second kappa shape index (κ2) is 14.5. The van der Waals surface area contributed by atoms with Crippen molar-refractivity contribution in [3.8, 4) is 22.4 Å². The number of rotatable bonds is 11. The Morgan fingerprint density at radius 1 is 0.704 bits per heavy atom. The van der Waals surface area contributed by atoms with Gasteiger partial charge in [-0.05, 0) is 56.3 Å². The van der Waals surface area contributed by atoms with Crippen LogP contribution in [0.4, 0.5) is 4.79 Å². The molecule has 0 radical (unpaired) electrons. The van der Waals surface area contributed by atoms with Gasteiger partial charge in [-0.15, -0.1) is 11.3 Å². The number of para-hydroxylation sites is 1. The number of nitrogens with one attached hydrogen (secondary N) is 4. The minimum atomic E-state index is -0.923. The molecule has 266 valence electrons. The molecule has 1 aliphatic rings. The number of aromatic amines is 2. The lowest BCUT2D eigenvalue weighted by atomic mass is 9.98. The molecule has 2 amide bonds. The Balaban J connectivity index is 0.999. The van der Waals surface area contributed by atoms with Crippen LogP contribution in [-0.2, 0) is 22.4 Å². The lowest BCUT2D eigenvalue weighted by molar-refractivity contribution is -0.123. The van der Waals surface area contributed by atoms with Crippen molar-refractivity contribution >= 4 is 44.3 Å². The first-order valence-corrected chi connectivity index (χ1v) is 19.0. The van der Waals surface area contributed by atoms with Gasteiger partial charge in [-0.1, -0.05) is 115 Å². The molecule has 0 fully saturated rings. The maximum Gasteiger partial charge on any atom is 0.407 e. The molecule has 2 atom stereocenters. The number of nitrogens with zero attached hydrogens (tertiary/aromatic N) is 1. The summed E-state index contributed by atoms with van der Waals surface area (Å²) in [6, 6.07) is 41.2. The van der Waals surface area contributed by atoms with E-state index >= 15 is 0 Å². The van der Waals surface area contributed by atoms with E-state index in [2.05, 4.69) is 68.4 Å². The van der Waals surface area contributed by atoms with Crippen molar-refractivity contribution in [1.82, 2.24) is 25.6 Å². The molecule has 3 aromatic heterocycles. The van der Waals surface area contributed by atoms with Crippen LogP contribution in [0.3, 0.4) is 0 Å². The fraction of sp³-hybridized carbons (Fsp3) is 0.133. The molecule has 8 aromatic rings. The monoisotopic (exact) mass is 727 g/mol. The summed E-state index contributed by atoms with van der Waals surface area (Å²) in [5.74, 6) is 0.184. The van der Waals surface area contributed by atoms with E-state index in [0.717, 1.165) is 65.6 Å². The van der Waals surface area contributed by atoms with E-state index in [1.165, 1.54) is 0 Å². The van der Waals surface area contributed by atoms with Gasteiger partial charge in [-0.25, -0.2) is 9.78 Å². The molecule has 0 spiro atoms. The number of hydrogen-bond acceptors (Lipinski definition) is 5. The van der Waals surface area contributed by atoms with Crippen LogP contribution in [0, 0.1) is 0 Å². The number of fused-ring (bicyclic) bond motifs is 5. The molecule has 0 saturated heterocycles. The Bertz CT molecular complexity index is 2560. The minimum Gasteiger partial charge on any atom is -0.449 e. The maximum absolute atomic E-state index is 14.6. The fourth-order valence-electron chi connectivity index (χ4n) is 7.68. The molecular formula is C45H37N5O3S. The van der Waals surface area contributed by atoms with E-state index in [4.69, 9.17) is 9.72 Å². The van der Waals surface area contributed by atoms with Crippen molar-refractivity contribution in [2.24, 2.45) is 0 Å². The highest BCUT2D eigenvalue weighted by molar-refractivity contribution is 7.17. The molecule has 0 aliphatic heterocycles. The molecule has 5 aromatic carbocycles. The normalized spacial score (nSPS) is 13.3. The third-order valence-corrected chi connectivity index (χ3v) is 11.4. The first-order chi connectivity index (χ1) is 26.6. The van der Waals surface area contributed by atoms with Gasteiger partial charge in [0, 0.05) is 52.3 Å². The van der Waals surface area contributed by atoms with E-state index in [1.807, 2.05) is 97.3 Å². The van der Waals surface area contributed by atoms with Gasteiger partial charge >= 0.3 is 6.09 Å². The lowest BCUT2D eigenvalue weighted by Gasteiger charge is -2.23. The number of amides is 2. The third-order valence-electron chi connectivity index (χ3n) is 10.4. The first kappa shape index (κ1) is 33.4. The summed E-state index contributed by atoms with van der Waals surface area (Å²) in [6.07, 6.45) is 3.95. The Morgan fingerprint density at radius 3 is 2.19 bits per heavy atom. The molecule has 3 heterocycles. The van der Waals surface area contributed by atoms with Gasteiger partial charge in [0.2, 0.25) is 5.91 Å². The van der Waals surface area contributed by atoms with Crippen molar-refractivity contribution in [2.75, 3.05) is 6.61 Å². The van der Waals surface area contributed by atoms with Crippen LogP contribution in [-0.4, -0.2) is 39.6 Å². The van der Waals surface area contributed by atoms with Gasteiger partial charge in [0.1, 0.15) is 18.5 Å². The van der Waals surface area contributed by atoms with Gasteiger partial charge < -0.3 is 25.3 Å². The molecule has 9 heteroatoms. The SMILES string of the molecule is O=C(NC(Cc1csc2ccccc12)C(=O)N[C@H](Cc1c[nH]c2ccccc12)c1nc(-c2ccccc2)c[nH]1)OCC1c2ccccc2-c2ccccc21. The van der Waals surface area contributed by atoms with Crippen LogP contribution in [0.25, 0.3) is 43.4 Å². The van der Waals surface area contributed by atoms with E-state index in [-0.39, 0.29) is 24.9 Å². The zero-order chi connectivity index (χ0) is 36.4. The molecule has 0 saturated carbocycles. The summed E-state index contributed by atoms with van der Waals surface area (Å²) in [4.78, 5) is 39.9. The molecule has 1 aliphatic carbocycles. The summed E-state index contributed by atoms with van der Waals surface area (Å²) in [5, 5.41) is 10.4. The fourth-order valence-corrected chi connectivity index (χ4v) is 8.66. The van der Waals surface area contributed by atoms with Crippen LogP contribution < -0.4 is 10.6 Å². The average Bonchev–Trinajstić information content (AvgIpc) is 4.02. The highest BCUT2D eigenvalue weighted by Crippen LogP contribution is 2.44. The molecule has 54 heavy (non-hydrogen) atoms. The number of hydrogen-bond donors (Lipinski definition) is 4. The number of carbonyl (C=O) groups is 2. The van der Waals surface area contributed by atoms with Crippen molar-refractivity contribution in [1.29, 1.82) is 0 Å². The second-order valence-electron chi connectivity index (χ2n) is 13.6. The summed E-state index contributed by atoms with van der Waals surface area (Å²) < 4.78 is 7.07. The van der Waals surface area contributed by atoms with Gasteiger partial charge in [-0.2, -0.15) is 0 Å². The van der Waals surface area contributed by atoms with Gasteiger partial charge in [0.05, 0.1) is 11.7 Å². The zero-order valence-electron chi connectivity index (χ0n) is 29.3. The molecular weight excluding hydrogens is 691 g/mol. The minimum absolute atomic E-state index is 0.102. The molecule has 4 N–H and O–H groups in total. The Labute approximate surface area is 316 Å². The largest absolute Gasteiger partial charge is 0.449 e. The van der Waals surface area contributed by atoms with E-state index < -0.39 is 18.2 Å². The molecule has 9 rings (SSSR count). The highest BCUT2D eigenvalue weighted by atomic mass is 32.1. The third kappa shape index (κ3) is 6.54. The van der Waals surface area contributed by atoms with E-state index in [1.54, 1.807) is 11.3 Å².